The molecule has 0 amide bonds. The maximum Gasteiger partial charge on any atom is 0.334 e. The number of ether oxygens (including phenoxy) is 2. The van der Waals surface area contributed by atoms with Crippen LogP contribution < -0.4 is 26.5 Å². The molecule has 0 aliphatic carbocycles. The van der Waals surface area contributed by atoms with Crippen LogP contribution in [0.4, 0.5) is 4.39 Å². The van der Waals surface area contributed by atoms with Gasteiger partial charge in [-0.1, -0.05) is 48.5 Å². The van der Waals surface area contributed by atoms with Crippen LogP contribution in [0.5, 0.6) is 11.6 Å². The molecule has 0 spiro atoms. The quantitative estimate of drug-likeness (QED) is 0.375. The molecule has 0 saturated heterocycles. The minimum absolute atomic E-state index is 0.0495. The van der Waals surface area contributed by atoms with E-state index in [9.17, 15) is 18.0 Å². The van der Waals surface area contributed by atoms with Crippen molar-refractivity contribution in [3.63, 3.8) is 0 Å². The van der Waals surface area contributed by atoms with Crippen LogP contribution in [0.2, 0.25) is 0 Å². The first kappa shape index (κ1) is 26.4. The Hall–Kier alpha value is -4.22. The van der Waals surface area contributed by atoms with Crippen molar-refractivity contribution in [2.75, 3.05) is 20.0 Å². The first-order valence-corrected chi connectivity index (χ1v) is 14.0. The van der Waals surface area contributed by atoms with Crippen molar-refractivity contribution in [1.29, 1.82) is 0 Å². The summed E-state index contributed by atoms with van der Waals surface area (Å²) in [6.07, 6.45) is 0.965. The summed E-state index contributed by atoms with van der Waals surface area (Å²) in [5.41, 5.74) is 5.90. The van der Waals surface area contributed by atoms with Gasteiger partial charge in [0.15, 0.2) is 9.84 Å². The minimum atomic E-state index is -3.87. The van der Waals surface area contributed by atoms with E-state index in [1.807, 2.05) is 6.07 Å². The molecule has 0 bridgehead atoms. The van der Waals surface area contributed by atoms with Crippen molar-refractivity contribution in [3.05, 3.63) is 111 Å². The molecule has 1 aliphatic rings. The van der Waals surface area contributed by atoms with Gasteiger partial charge < -0.3 is 15.2 Å². The number of benzene rings is 3. The summed E-state index contributed by atoms with van der Waals surface area (Å²) >= 11 is 0. The van der Waals surface area contributed by atoms with Crippen LogP contribution in [0, 0.1) is 5.82 Å². The van der Waals surface area contributed by atoms with E-state index in [0.29, 0.717) is 16.9 Å². The summed E-state index contributed by atoms with van der Waals surface area (Å²) in [7, 11) is -2.39. The van der Waals surface area contributed by atoms with Gasteiger partial charge in [-0.05, 0) is 35.4 Å². The van der Waals surface area contributed by atoms with Crippen molar-refractivity contribution in [1.82, 2.24) is 9.13 Å². The summed E-state index contributed by atoms with van der Waals surface area (Å²) < 4.78 is 53.7. The monoisotopic (exact) mass is 551 g/mol. The zero-order valence-electron chi connectivity index (χ0n) is 21.2. The van der Waals surface area contributed by atoms with Gasteiger partial charge >= 0.3 is 5.69 Å². The fourth-order valence-corrected chi connectivity index (χ4v) is 5.82. The minimum Gasteiger partial charge on any atom is -0.497 e. The van der Waals surface area contributed by atoms with E-state index in [2.05, 4.69) is 0 Å². The number of methoxy groups -OCH3 is 1. The van der Waals surface area contributed by atoms with E-state index in [4.69, 9.17) is 15.2 Å². The number of nitrogens with two attached hydrogens (primary N) is 1. The third-order valence-electron chi connectivity index (χ3n) is 6.73. The second-order valence-electron chi connectivity index (χ2n) is 9.25. The third kappa shape index (κ3) is 4.75. The summed E-state index contributed by atoms with van der Waals surface area (Å²) in [6, 6.07) is 17.5. The van der Waals surface area contributed by atoms with Gasteiger partial charge in [0.1, 0.15) is 29.8 Å². The van der Waals surface area contributed by atoms with Crippen molar-refractivity contribution in [2.45, 2.75) is 23.5 Å². The largest absolute Gasteiger partial charge is 0.497 e. The van der Waals surface area contributed by atoms with Gasteiger partial charge in [0, 0.05) is 17.9 Å². The molecule has 1 aliphatic heterocycles. The number of aromatic nitrogens is 2. The van der Waals surface area contributed by atoms with Crippen molar-refractivity contribution < 1.29 is 22.3 Å². The fraction of sp³-hybridized carbons (Fsp3) is 0.214. The first-order chi connectivity index (χ1) is 18.6. The Morgan fingerprint density at radius 3 is 2.49 bits per heavy atom. The standard InChI is InChI=1S/C28H26FN3O6S/c1-37-19-11-6-10-18(14-19)24-26(33)31(15-21(30)17-8-4-3-5-9-17)28(34)32-22(16-38-27(24)32)25-20(29)12-7-13-23(25)39(2,35)36/h3-14,21-22H,15-16,30H2,1-2H3. The maximum atomic E-state index is 15.3. The highest BCUT2D eigenvalue weighted by Crippen LogP contribution is 2.39. The average Bonchev–Trinajstić information content (AvgIpc) is 3.35. The molecular weight excluding hydrogens is 525 g/mol. The fourth-order valence-electron chi connectivity index (χ4n) is 4.86. The van der Waals surface area contributed by atoms with E-state index in [-0.39, 0.29) is 35.1 Å². The molecule has 2 unspecified atom stereocenters. The number of fused-ring (bicyclic) bond motifs is 1. The lowest BCUT2D eigenvalue weighted by atomic mass is 10.1. The zero-order chi connectivity index (χ0) is 27.9. The van der Waals surface area contributed by atoms with E-state index in [1.165, 1.54) is 19.2 Å². The summed E-state index contributed by atoms with van der Waals surface area (Å²) in [5.74, 6) is -0.434. The molecule has 39 heavy (non-hydrogen) atoms. The van der Waals surface area contributed by atoms with Crippen molar-refractivity contribution in [3.8, 4) is 22.8 Å². The van der Waals surface area contributed by atoms with E-state index >= 15 is 4.39 Å². The van der Waals surface area contributed by atoms with Crippen LogP contribution >= 0.6 is 0 Å². The molecule has 0 saturated carbocycles. The molecule has 0 fully saturated rings. The Labute approximate surface area is 223 Å². The average molecular weight is 552 g/mol. The Kier molecular flexibility index (Phi) is 6.87. The van der Waals surface area contributed by atoms with E-state index in [1.54, 1.807) is 48.5 Å². The van der Waals surface area contributed by atoms with Gasteiger partial charge in [0.2, 0.25) is 5.88 Å². The second-order valence-corrected chi connectivity index (χ2v) is 11.2. The number of halogens is 1. The summed E-state index contributed by atoms with van der Waals surface area (Å²) in [5, 5.41) is 0. The molecule has 5 rings (SSSR count). The van der Waals surface area contributed by atoms with E-state index < -0.39 is 39.0 Å². The maximum absolute atomic E-state index is 15.3. The highest BCUT2D eigenvalue weighted by molar-refractivity contribution is 7.90. The van der Waals surface area contributed by atoms with Gasteiger partial charge in [-0.3, -0.25) is 13.9 Å². The smallest absolute Gasteiger partial charge is 0.334 e. The second kappa shape index (κ2) is 10.2. The summed E-state index contributed by atoms with van der Waals surface area (Å²) in [6.45, 7) is -0.439. The SMILES string of the molecule is COc1cccc(-c2c3n(c(=O)n(CC(N)c4ccccc4)c2=O)C(c2c(F)cccc2S(C)(=O)=O)CO3)c1. The van der Waals surface area contributed by atoms with Crippen LogP contribution in [0.15, 0.2) is 87.3 Å². The van der Waals surface area contributed by atoms with Gasteiger partial charge in [0.25, 0.3) is 5.56 Å². The Balaban J connectivity index is 1.79. The third-order valence-corrected chi connectivity index (χ3v) is 7.88. The molecule has 11 heteroatoms. The predicted octanol–water partition coefficient (Wildman–Crippen LogP) is 2.91. The molecule has 9 nitrogen and oxygen atoms in total. The molecule has 2 atom stereocenters. The lowest BCUT2D eigenvalue weighted by molar-refractivity contribution is 0.339. The van der Waals surface area contributed by atoms with Crippen LogP contribution in [-0.4, -0.2) is 37.5 Å². The Morgan fingerprint density at radius 2 is 1.79 bits per heavy atom. The predicted molar refractivity (Wildman–Crippen MR) is 143 cm³/mol. The lowest BCUT2D eigenvalue weighted by Crippen LogP contribution is -2.43. The van der Waals surface area contributed by atoms with Gasteiger partial charge in [-0.15, -0.1) is 0 Å². The number of hydrogen-bond acceptors (Lipinski definition) is 7. The zero-order valence-corrected chi connectivity index (χ0v) is 22.0. The topological polar surface area (TPSA) is 123 Å². The van der Waals surface area contributed by atoms with E-state index in [0.717, 1.165) is 21.5 Å². The molecule has 4 aromatic rings. The van der Waals surface area contributed by atoms with Crippen LogP contribution in [0.25, 0.3) is 11.1 Å². The molecule has 0 radical (unpaired) electrons. The van der Waals surface area contributed by atoms with Crippen molar-refractivity contribution >= 4 is 9.84 Å². The normalized spacial score (nSPS) is 15.4. The molecule has 2 heterocycles. The molecule has 2 N–H and O–H groups in total. The van der Waals surface area contributed by atoms with Crippen molar-refractivity contribution in [2.24, 2.45) is 5.73 Å². The van der Waals surface area contributed by atoms with Gasteiger partial charge in [-0.2, -0.15) is 0 Å². The Morgan fingerprint density at radius 1 is 1.08 bits per heavy atom. The highest BCUT2D eigenvalue weighted by atomic mass is 32.2. The van der Waals surface area contributed by atoms with Crippen LogP contribution in [0.1, 0.15) is 23.2 Å². The van der Waals surface area contributed by atoms with Gasteiger partial charge in [-0.25, -0.2) is 17.6 Å². The molecule has 1 aromatic heterocycles. The molecule has 202 valence electrons. The Bertz CT molecular complexity index is 1780. The number of rotatable bonds is 7. The lowest BCUT2D eigenvalue weighted by Gasteiger charge is -2.20. The summed E-state index contributed by atoms with van der Waals surface area (Å²) in [4.78, 5) is 27.5. The highest BCUT2D eigenvalue weighted by Gasteiger charge is 2.37. The van der Waals surface area contributed by atoms with Crippen LogP contribution in [0.3, 0.4) is 0 Å². The molecule has 3 aromatic carbocycles. The number of hydrogen-bond donors (Lipinski definition) is 1. The van der Waals surface area contributed by atoms with Gasteiger partial charge in [0.05, 0.1) is 18.6 Å². The number of nitrogens with zero attached hydrogens (tertiary/aromatic N) is 2. The number of sulfone groups is 1. The molecular formula is C28H26FN3O6S. The first-order valence-electron chi connectivity index (χ1n) is 12.1. The van der Waals surface area contributed by atoms with Crippen LogP contribution in [-0.2, 0) is 16.4 Å².